The van der Waals surface area contributed by atoms with Gasteiger partial charge < -0.3 is 10.1 Å². The fourth-order valence-electron chi connectivity index (χ4n) is 2.17. The van der Waals surface area contributed by atoms with Crippen LogP contribution in [-0.4, -0.2) is 32.1 Å². The molecule has 0 fully saturated rings. The molecule has 0 atom stereocenters. The van der Waals surface area contributed by atoms with Gasteiger partial charge in [0.25, 0.3) is 0 Å². The molecule has 0 aliphatic carbocycles. The fraction of sp³-hybridized carbons (Fsp3) is 0.214. The van der Waals surface area contributed by atoms with Crippen molar-refractivity contribution in [1.29, 1.82) is 0 Å². The zero-order valence-corrected chi connectivity index (χ0v) is 13.1. The van der Waals surface area contributed by atoms with Gasteiger partial charge in [-0.3, -0.25) is 9.78 Å². The molecule has 3 aromatic heterocycles. The molecule has 0 aliphatic heterocycles. The molecule has 0 saturated heterocycles. The number of ether oxygens (including phenoxy) is 1. The summed E-state index contributed by atoms with van der Waals surface area (Å²) < 4.78 is 7.23. The quantitative estimate of drug-likeness (QED) is 0.723. The third kappa shape index (κ3) is 2.75. The Bertz CT molecular complexity index is 810. The molecule has 3 heterocycles. The average Bonchev–Trinajstić information content (AvgIpc) is 3.07. The summed E-state index contributed by atoms with van der Waals surface area (Å²) in [6, 6.07) is 3.62. The lowest BCUT2D eigenvalue weighted by molar-refractivity contribution is 0.417. The summed E-state index contributed by atoms with van der Waals surface area (Å²) in [5.41, 5.74) is 2.64. The predicted molar refractivity (Wildman–Crippen MR) is 84.6 cm³/mol. The number of rotatable bonds is 4. The van der Waals surface area contributed by atoms with E-state index in [-0.39, 0.29) is 0 Å². The van der Waals surface area contributed by atoms with Gasteiger partial charge in [-0.05, 0) is 13.0 Å². The van der Waals surface area contributed by atoms with Crippen LogP contribution in [0.2, 0.25) is 5.15 Å². The second-order valence-corrected chi connectivity index (χ2v) is 5.23. The Kier molecular flexibility index (Phi) is 3.72. The van der Waals surface area contributed by atoms with E-state index < -0.39 is 0 Å². The van der Waals surface area contributed by atoms with Crippen LogP contribution in [0.3, 0.4) is 0 Å². The second kappa shape index (κ2) is 5.69. The third-order valence-electron chi connectivity index (χ3n) is 3.11. The molecular weight excluding hydrogens is 304 g/mol. The second-order valence-electron chi connectivity index (χ2n) is 4.84. The highest BCUT2D eigenvalue weighted by atomic mass is 35.5. The molecule has 7 nitrogen and oxygen atoms in total. The first-order chi connectivity index (χ1) is 10.6. The van der Waals surface area contributed by atoms with Gasteiger partial charge in [-0.2, -0.15) is 10.2 Å². The first kappa shape index (κ1) is 14.4. The number of H-pyrrole nitrogens is 1. The average molecular weight is 319 g/mol. The number of nitrogens with zero attached hydrogens (tertiary/aromatic N) is 4. The summed E-state index contributed by atoms with van der Waals surface area (Å²) >= 11 is 6.14. The van der Waals surface area contributed by atoms with Gasteiger partial charge in [-0.15, -0.1) is 0 Å². The van der Waals surface area contributed by atoms with Gasteiger partial charge in [-0.25, -0.2) is 4.98 Å². The summed E-state index contributed by atoms with van der Waals surface area (Å²) in [6.45, 7) is 1.92. The van der Waals surface area contributed by atoms with E-state index in [1.807, 2.05) is 26.2 Å². The zero-order chi connectivity index (χ0) is 15.7. The highest BCUT2D eigenvalue weighted by molar-refractivity contribution is 6.30. The van der Waals surface area contributed by atoms with Crippen LogP contribution in [0.15, 0.2) is 24.5 Å². The molecule has 0 radical (unpaired) electrons. The number of halogens is 1. The van der Waals surface area contributed by atoms with E-state index in [4.69, 9.17) is 16.3 Å². The molecule has 0 spiro atoms. The van der Waals surface area contributed by atoms with Gasteiger partial charge >= 0.3 is 0 Å². The molecule has 0 aromatic carbocycles. The minimum atomic E-state index is 0.356. The monoisotopic (exact) mass is 318 g/mol. The van der Waals surface area contributed by atoms with Crippen LogP contribution in [0.4, 0.5) is 11.6 Å². The number of aromatic amines is 1. The minimum Gasteiger partial charge on any atom is -0.492 e. The first-order valence-electron chi connectivity index (χ1n) is 6.59. The molecule has 0 amide bonds. The lowest BCUT2D eigenvalue weighted by Crippen LogP contribution is -2.00. The van der Waals surface area contributed by atoms with Crippen LogP contribution >= 0.6 is 11.6 Å². The first-order valence-corrected chi connectivity index (χ1v) is 6.97. The van der Waals surface area contributed by atoms with Gasteiger partial charge in [0.15, 0.2) is 17.4 Å². The van der Waals surface area contributed by atoms with Crippen molar-refractivity contribution >= 4 is 23.2 Å². The Labute approximate surface area is 132 Å². The van der Waals surface area contributed by atoms with Crippen LogP contribution in [0.5, 0.6) is 5.75 Å². The third-order valence-corrected chi connectivity index (χ3v) is 3.31. The Morgan fingerprint density at radius 1 is 1.36 bits per heavy atom. The maximum absolute atomic E-state index is 6.14. The molecule has 3 aromatic rings. The van der Waals surface area contributed by atoms with Gasteiger partial charge in [0.1, 0.15) is 5.15 Å². The van der Waals surface area contributed by atoms with Crippen molar-refractivity contribution in [3.05, 3.63) is 35.4 Å². The van der Waals surface area contributed by atoms with E-state index in [9.17, 15) is 0 Å². The SMILES string of the molecule is COc1c(-c2cnn(C)c2)cc(Cl)nc1Nc1cc(C)[nH]n1. The van der Waals surface area contributed by atoms with Crippen LogP contribution in [-0.2, 0) is 7.05 Å². The molecule has 8 heteroatoms. The van der Waals surface area contributed by atoms with Crippen LogP contribution in [0.1, 0.15) is 5.69 Å². The Morgan fingerprint density at radius 3 is 2.77 bits per heavy atom. The van der Waals surface area contributed by atoms with Gasteiger partial charge in [-0.1, -0.05) is 11.6 Å². The maximum atomic E-state index is 6.14. The lowest BCUT2D eigenvalue weighted by atomic mass is 10.1. The Balaban J connectivity index is 2.08. The van der Waals surface area contributed by atoms with E-state index in [0.717, 1.165) is 16.8 Å². The molecule has 0 bridgehead atoms. The molecule has 0 unspecified atom stereocenters. The standard InChI is InChI=1S/C14H15ClN6O/c1-8-4-12(20-19-8)18-14-13(22-3)10(5-11(15)17-14)9-6-16-21(2)7-9/h4-7H,1-3H3,(H2,17,18,19,20). The molecule has 0 aliphatic rings. The molecule has 0 saturated carbocycles. The van der Waals surface area contributed by atoms with Crippen molar-refractivity contribution in [2.75, 3.05) is 12.4 Å². The number of nitrogens with one attached hydrogen (secondary N) is 2. The number of hydrogen-bond acceptors (Lipinski definition) is 5. The van der Waals surface area contributed by atoms with E-state index in [0.29, 0.717) is 22.5 Å². The fourth-order valence-corrected chi connectivity index (χ4v) is 2.37. The van der Waals surface area contributed by atoms with Crippen molar-refractivity contribution in [3.63, 3.8) is 0 Å². The van der Waals surface area contributed by atoms with Crippen molar-refractivity contribution < 1.29 is 4.74 Å². The maximum Gasteiger partial charge on any atom is 0.176 e. The van der Waals surface area contributed by atoms with E-state index in [1.54, 1.807) is 24.1 Å². The van der Waals surface area contributed by atoms with Crippen molar-refractivity contribution in [1.82, 2.24) is 25.0 Å². The zero-order valence-electron chi connectivity index (χ0n) is 12.4. The summed E-state index contributed by atoms with van der Waals surface area (Å²) in [5, 5.41) is 14.6. The number of anilines is 2. The van der Waals surface area contributed by atoms with Crippen LogP contribution in [0, 0.1) is 6.92 Å². The Morgan fingerprint density at radius 2 is 2.18 bits per heavy atom. The van der Waals surface area contributed by atoms with Gasteiger partial charge in [0.05, 0.1) is 13.3 Å². The van der Waals surface area contributed by atoms with Gasteiger partial charge in [0, 0.05) is 36.1 Å². The lowest BCUT2D eigenvalue weighted by Gasteiger charge is -2.13. The minimum absolute atomic E-state index is 0.356. The molecular formula is C14H15ClN6O. The number of methoxy groups -OCH3 is 1. The van der Waals surface area contributed by atoms with Crippen molar-refractivity contribution in [2.24, 2.45) is 7.05 Å². The number of hydrogen-bond donors (Lipinski definition) is 2. The summed E-state index contributed by atoms with van der Waals surface area (Å²) in [5.74, 6) is 1.72. The molecule has 22 heavy (non-hydrogen) atoms. The van der Waals surface area contributed by atoms with Crippen LogP contribution < -0.4 is 10.1 Å². The van der Waals surface area contributed by atoms with E-state index in [1.165, 1.54) is 0 Å². The molecule has 114 valence electrons. The topological polar surface area (TPSA) is 80.6 Å². The van der Waals surface area contributed by atoms with Crippen LogP contribution in [0.25, 0.3) is 11.1 Å². The highest BCUT2D eigenvalue weighted by Gasteiger charge is 2.16. The summed E-state index contributed by atoms with van der Waals surface area (Å²) in [4.78, 5) is 4.29. The number of pyridine rings is 1. The predicted octanol–water partition coefficient (Wildman–Crippen LogP) is 2.92. The summed E-state index contributed by atoms with van der Waals surface area (Å²) in [7, 11) is 3.44. The largest absolute Gasteiger partial charge is 0.492 e. The summed E-state index contributed by atoms with van der Waals surface area (Å²) in [6.07, 6.45) is 3.63. The van der Waals surface area contributed by atoms with Crippen molar-refractivity contribution in [3.8, 4) is 16.9 Å². The molecule has 3 rings (SSSR count). The normalized spacial score (nSPS) is 10.7. The van der Waals surface area contributed by atoms with Crippen molar-refractivity contribution in [2.45, 2.75) is 6.92 Å². The Hall–Kier alpha value is -2.54. The number of aromatic nitrogens is 5. The number of aryl methyl sites for hydroxylation is 2. The molecule has 2 N–H and O–H groups in total. The highest BCUT2D eigenvalue weighted by Crippen LogP contribution is 2.38. The van der Waals surface area contributed by atoms with E-state index in [2.05, 4.69) is 25.6 Å². The smallest absolute Gasteiger partial charge is 0.176 e. The van der Waals surface area contributed by atoms with Gasteiger partial charge in [0.2, 0.25) is 0 Å². The van der Waals surface area contributed by atoms with E-state index >= 15 is 0 Å².